The second-order valence-corrected chi connectivity index (χ2v) is 5.80. The van der Waals surface area contributed by atoms with Crippen LogP contribution in [0.3, 0.4) is 0 Å². The van der Waals surface area contributed by atoms with E-state index < -0.39 is 0 Å². The maximum absolute atomic E-state index is 12.4. The van der Waals surface area contributed by atoms with Gasteiger partial charge >= 0.3 is 5.97 Å². The average molecular weight is 373 g/mol. The van der Waals surface area contributed by atoms with Crippen LogP contribution in [0.15, 0.2) is 52.7 Å². The van der Waals surface area contributed by atoms with Gasteiger partial charge in [0.1, 0.15) is 11.5 Å². The number of hydrogen-bond donors (Lipinski definition) is 0. The first-order chi connectivity index (χ1) is 11.1. The lowest BCUT2D eigenvalue weighted by Gasteiger charge is -2.04. The summed E-state index contributed by atoms with van der Waals surface area (Å²) in [5, 5.41) is 0. The normalized spacial score (nSPS) is 14.5. The lowest BCUT2D eigenvalue weighted by atomic mass is 10.1. The smallest absolute Gasteiger partial charge is 0.310 e. The molecule has 0 aliphatic carbocycles. The van der Waals surface area contributed by atoms with E-state index in [4.69, 9.17) is 9.47 Å². The zero-order chi connectivity index (χ0) is 16.4. The number of ether oxygens (including phenoxy) is 2. The second-order valence-electron chi connectivity index (χ2n) is 4.95. The van der Waals surface area contributed by atoms with Crippen LogP contribution in [-0.4, -0.2) is 11.8 Å². The third kappa shape index (κ3) is 3.19. The molecule has 0 bridgehead atoms. The Morgan fingerprint density at radius 1 is 1.26 bits per heavy atom. The highest BCUT2D eigenvalue weighted by molar-refractivity contribution is 9.10. The van der Waals surface area contributed by atoms with Crippen molar-refractivity contribution in [3.8, 4) is 11.5 Å². The standard InChI is InChI=1S/C18H13BrO4/c1-2-17(20)22-12-7-8-13-15(10-12)23-16(18(13)21)9-11-5-3-4-6-14(11)19/h3-10H,2H2,1H3/b16-9-. The van der Waals surface area contributed by atoms with Gasteiger partial charge in [0.15, 0.2) is 5.76 Å². The van der Waals surface area contributed by atoms with Gasteiger partial charge in [-0.15, -0.1) is 0 Å². The Balaban J connectivity index is 1.90. The summed E-state index contributed by atoms with van der Waals surface area (Å²) in [6.07, 6.45) is 1.97. The third-order valence-electron chi connectivity index (χ3n) is 3.35. The molecule has 116 valence electrons. The molecule has 0 N–H and O–H groups in total. The van der Waals surface area contributed by atoms with E-state index in [9.17, 15) is 9.59 Å². The van der Waals surface area contributed by atoms with Gasteiger partial charge in [-0.25, -0.2) is 0 Å². The van der Waals surface area contributed by atoms with Crippen molar-refractivity contribution < 1.29 is 19.1 Å². The summed E-state index contributed by atoms with van der Waals surface area (Å²) in [6.45, 7) is 1.72. The Labute approximate surface area is 141 Å². The molecule has 1 aliphatic heterocycles. The zero-order valence-corrected chi connectivity index (χ0v) is 13.9. The number of allylic oxidation sites excluding steroid dienone is 1. The van der Waals surface area contributed by atoms with Crippen molar-refractivity contribution in [2.75, 3.05) is 0 Å². The van der Waals surface area contributed by atoms with E-state index in [0.29, 0.717) is 17.1 Å². The molecule has 0 atom stereocenters. The molecular formula is C18H13BrO4. The molecule has 0 fully saturated rings. The third-order valence-corrected chi connectivity index (χ3v) is 4.08. The number of carbonyl (C=O) groups excluding carboxylic acids is 2. The predicted octanol–water partition coefficient (Wildman–Crippen LogP) is 4.38. The number of halogens is 1. The van der Waals surface area contributed by atoms with E-state index in [1.54, 1.807) is 31.2 Å². The molecule has 5 heteroatoms. The molecule has 0 radical (unpaired) electrons. The minimum absolute atomic E-state index is 0.191. The van der Waals surface area contributed by atoms with E-state index in [2.05, 4.69) is 15.9 Å². The van der Waals surface area contributed by atoms with Gasteiger partial charge in [-0.3, -0.25) is 9.59 Å². The van der Waals surface area contributed by atoms with Gasteiger partial charge in [0.25, 0.3) is 0 Å². The van der Waals surface area contributed by atoms with Gasteiger partial charge in [-0.1, -0.05) is 41.1 Å². The minimum Gasteiger partial charge on any atom is -0.452 e. The quantitative estimate of drug-likeness (QED) is 0.455. The summed E-state index contributed by atoms with van der Waals surface area (Å²) < 4.78 is 11.6. The van der Waals surface area contributed by atoms with Crippen LogP contribution in [0.5, 0.6) is 11.5 Å². The Hall–Kier alpha value is -2.40. The van der Waals surface area contributed by atoms with Crippen molar-refractivity contribution in [3.05, 3.63) is 63.8 Å². The van der Waals surface area contributed by atoms with E-state index in [0.717, 1.165) is 10.0 Å². The van der Waals surface area contributed by atoms with E-state index in [1.807, 2.05) is 24.3 Å². The van der Waals surface area contributed by atoms with E-state index in [1.165, 1.54) is 0 Å². The molecule has 0 unspecified atom stereocenters. The van der Waals surface area contributed by atoms with Crippen LogP contribution in [-0.2, 0) is 4.79 Å². The Bertz CT molecular complexity index is 824. The molecule has 0 saturated heterocycles. The molecular weight excluding hydrogens is 360 g/mol. The summed E-state index contributed by atoms with van der Waals surface area (Å²) in [5.74, 6) is 0.480. The number of fused-ring (bicyclic) bond motifs is 1. The maximum atomic E-state index is 12.4. The second kappa shape index (κ2) is 6.38. The number of Topliss-reactive ketones (excluding diaryl/α,β-unsaturated/α-hetero) is 1. The molecule has 1 heterocycles. The van der Waals surface area contributed by atoms with E-state index >= 15 is 0 Å². The highest BCUT2D eigenvalue weighted by Crippen LogP contribution is 2.35. The highest BCUT2D eigenvalue weighted by atomic mass is 79.9. The summed E-state index contributed by atoms with van der Waals surface area (Å²) in [4.78, 5) is 23.7. The van der Waals surface area contributed by atoms with Gasteiger partial charge in [0.2, 0.25) is 5.78 Å². The maximum Gasteiger partial charge on any atom is 0.310 e. The van der Waals surface area contributed by atoms with Crippen molar-refractivity contribution in [1.82, 2.24) is 0 Å². The number of benzene rings is 2. The Morgan fingerprint density at radius 2 is 2.04 bits per heavy atom. The monoisotopic (exact) mass is 372 g/mol. The molecule has 0 spiro atoms. The first-order valence-corrected chi connectivity index (χ1v) is 7.91. The van der Waals surface area contributed by atoms with Gasteiger partial charge in [-0.2, -0.15) is 0 Å². The fraction of sp³-hybridized carbons (Fsp3) is 0.111. The number of esters is 1. The molecule has 1 aliphatic rings. The number of carbonyl (C=O) groups is 2. The fourth-order valence-electron chi connectivity index (χ4n) is 2.17. The molecule has 0 amide bonds. The first kappa shape index (κ1) is 15.5. The lowest BCUT2D eigenvalue weighted by Crippen LogP contribution is -2.05. The predicted molar refractivity (Wildman–Crippen MR) is 89.4 cm³/mol. The summed E-state index contributed by atoms with van der Waals surface area (Å²) in [6, 6.07) is 12.3. The highest BCUT2D eigenvalue weighted by Gasteiger charge is 2.28. The summed E-state index contributed by atoms with van der Waals surface area (Å²) in [5.41, 5.74) is 1.31. The van der Waals surface area contributed by atoms with Crippen LogP contribution >= 0.6 is 15.9 Å². The van der Waals surface area contributed by atoms with Crippen molar-refractivity contribution in [1.29, 1.82) is 0 Å². The summed E-state index contributed by atoms with van der Waals surface area (Å²) in [7, 11) is 0. The lowest BCUT2D eigenvalue weighted by molar-refractivity contribution is -0.134. The van der Waals surface area contributed by atoms with Crippen LogP contribution in [0, 0.1) is 0 Å². The SMILES string of the molecule is CCC(=O)Oc1ccc2c(c1)O/C(=C\c1ccccc1Br)C2=O. The topological polar surface area (TPSA) is 52.6 Å². The van der Waals surface area contributed by atoms with E-state index in [-0.39, 0.29) is 23.9 Å². The number of ketones is 1. The van der Waals surface area contributed by atoms with Crippen molar-refractivity contribution >= 4 is 33.8 Å². The van der Waals surface area contributed by atoms with Gasteiger partial charge in [-0.05, 0) is 29.8 Å². The van der Waals surface area contributed by atoms with Gasteiger partial charge in [0, 0.05) is 17.0 Å². The fourth-order valence-corrected chi connectivity index (χ4v) is 2.57. The van der Waals surface area contributed by atoms with Crippen LogP contribution in [0.2, 0.25) is 0 Å². The Kier molecular flexibility index (Phi) is 4.30. The average Bonchev–Trinajstić information content (AvgIpc) is 2.85. The largest absolute Gasteiger partial charge is 0.452 e. The zero-order valence-electron chi connectivity index (χ0n) is 12.3. The molecule has 3 rings (SSSR count). The van der Waals surface area contributed by atoms with Crippen molar-refractivity contribution in [2.24, 2.45) is 0 Å². The van der Waals surface area contributed by atoms with Crippen LogP contribution in [0.1, 0.15) is 29.3 Å². The summed E-state index contributed by atoms with van der Waals surface area (Å²) >= 11 is 3.44. The first-order valence-electron chi connectivity index (χ1n) is 7.12. The van der Waals surface area contributed by atoms with Crippen LogP contribution in [0.25, 0.3) is 6.08 Å². The van der Waals surface area contributed by atoms with Gasteiger partial charge in [0.05, 0.1) is 5.56 Å². The molecule has 2 aromatic carbocycles. The van der Waals surface area contributed by atoms with Crippen LogP contribution < -0.4 is 9.47 Å². The van der Waals surface area contributed by atoms with Crippen molar-refractivity contribution in [2.45, 2.75) is 13.3 Å². The molecule has 2 aromatic rings. The van der Waals surface area contributed by atoms with Gasteiger partial charge < -0.3 is 9.47 Å². The Morgan fingerprint density at radius 3 is 2.78 bits per heavy atom. The minimum atomic E-state index is -0.335. The number of rotatable bonds is 3. The number of hydrogen-bond acceptors (Lipinski definition) is 4. The van der Waals surface area contributed by atoms with Crippen LogP contribution in [0.4, 0.5) is 0 Å². The molecule has 0 saturated carbocycles. The molecule has 4 nitrogen and oxygen atoms in total. The molecule has 0 aromatic heterocycles. The van der Waals surface area contributed by atoms with Crippen molar-refractivity contribution in [3.63, 3.8) is 0 Å². The molecule has 23 heavy (non-hydrogen) atoms.